The van der Waals surface area contributed by atoms with E-state index in [2.05, 4.69) is 20.8 Å². The second-order valence-corrected chi connectivity index (χ2v) is 5.36. The van der Waals surface area contributed by atoms with E-state index in [1.807, 2.05) is 38.1 Å². The predicted octanol–water partition coefficient (Wildman–Crippen LogP) is 0.0583. The number of hydrogen-bond donors (Lipinski definition) is 2. The molecule has 1 heterocycles. The second kappa shape index (κ2) is 5.79. The molecule has 1 aromatic heterocycles. The van der Waals surface area contributed by atoms with Crippen LogP contribution in [0.5, 0.6) is 0 Å². The van der Waals surface area contributed by atoms with Gasteiger partial charge in [-0.1, -0.05) is 12.1 Å². The van der Waals surface area contributed by atoms with Crippen molar-refractivity contribution >= 4 is 5.91 Å². The maximum absolute atomic E-state index is 11.8. The molecule has 0 bridgehead atoms. The summed E-state index contributed by atoms with van der Waals surface area (Å²) in [6.45, 7) is 4.19. The van der Waals surface area contributed by atoms with Gasteiger partial charge in [-0.25, -0.2) is 4.68 Å². The van der Waals surface area contributed by atoms with E-state index in [1.165, 1.54) is 6.33 Å². The molecular formula is C13H18N6O. The average Bonchev–Trinajstić information content (AvgIpc) is 2.90. The number of nitrogens with zero attached hydrogens (tertiary/aromatic N) is 4. The summed E-state index contributed by atoms with van der Waals surface area (Å²) in [7, 11) is 0. The highest BCUT2D eigenvalue weighted by molar-refractivity contribution is 5.78. The van der Waals surface area contributed by atoms with Crippen molar-refractivity contribution < 1.29 is 4.79 Å². The summed E-state index contributed by atoms with van der Waals surface area (Å²) in [4.78, 5) is 11.8. The van der Waals surface area contributed by atoms with E-state index >= 15 is 0 Å². The van der Waals surface area contributed by atoms with Gasteiger partial charge in [0, 0.05) is 12.1 Å². The van der Waals surface area contributed by atoms with Crippen molar-refractivity contribution in [2.45, 2.75) is 25.8 Å². The van der Waals surface area contributed by atoms with Crippen molar-refractivity contribution in [2.75, 3.05) is 6.54 Å². The summed E-state index contributed by atoms with van der Waals surface area (Å²) >= 11 is 0. The Morgan fingerprint density at radius 1 is 1.35 bits per heavy atom. The molecule has 1 aromatic carbocycles. The van der Waals surface area contributed by atoms with Crippen molar-refractivity contribution in [1.82, 2.24) is 25.5 Å². The molecule has 0 aliphatic carbocycles. The second-order valence-electron chi connectivity index (χ2n) is 5.36. The number of rotatable bonds is 5. The summed E-state index contributed by atoms with van der Waals surface area (Å²) in [6, 6.07) is 7.49. The van der Waals surface area contributed by atoms with Gasteiger partial charge in [-0.3, -0.25) is 4.79 Å². The van der Waals surface area contributed by atoms with Gasteiger partial charge in [0.2, 0.25) is 5.91 Å². The average molecular weight is 274 g/mol. The molecule has 0 saturated carbocycles. The van der Waals surface area contributed by atoms with Gasteiger partial charge in [0.15, 0.2) is 0 Å². The first-order valence-corrected chi connectivity index (χ1v) is 6.32. The molecule has 0 aliphatic heterocycles. The normalized spacial score (nSPS) is 11.3. The molecule has 2 aromatic rings. The first kappa shape index (κ1) is 14.1. The molecule has 3 N–H and O–H groups in total. The largest absolute Gasteiger partial charge is 0.354 e. The smallest absolute Gasteiger partial charge is 0.224 e. The van der Waals surface area contributed by atoms with Crippen LogP contribution in [0.15, 0.2) is 30.6 Å². The van der Waals surface area contributed by atoms with Crippen molar-refractivity contribution in [3.05, 3.63) is 36.2 Å². The first-order chi connectivity index (χ1) is 9.44. The molecule has 7 nitrogen and oxygen atoms in total. The lowest BCUT2D eigenvalue weighted by atomic mass is 10.1. The predicted molar refractivity (Wildman–Crippen MR) is 74.1 cm³/mol. The maximum atomic E-state index is 11.8. The van der Waals surface area contributed by atoms with Crippen LogP contribution in [0, 0.1) is 0 Å². The molecular weight excluding hydrogens is 256 g/mol. The van der Waals surface area contributed by atoms with E-state index in [-0.39, 0.29) is 5.91 Å². The summed E-state index contributed by atoms with van der Waals surface area (Å²) in [5, 5.41) is 13.8. The molecule has 2 rings (SSSR count). The zero-order valence-electron chi connectivity index (χ0n) is 11.6. The standard InChI is InChI=1S/C13H18N6O/c1-13(2,14)8-15-12(20)7-10-3-5-11(6-4-10)19-9-16-17-18-19/h3-6,9H,7-8,14H2,1-2H3,(H,15,20). The summed E-state index contributed by atoms with van der Waals surface area (Å²) in [6.07, 6.45) is 1.84. The number of nitrogens with two attached hydrogens (primary N) is 1. The van der Waals surface area contributed by atoms with Crippen LogP contribution in [0.2, 0.25) is 0 Å². The van der Waals surface area contributed by atoms with Crippen LogP contribution in [0.25, 0.3) is 5.69 Å². The van der Waals surface area contributed by atoms with Crippen LogP contribution in [-0.2, 0) is 11.2 Å². The first-order valence-electron chi connectivity index (χ1n) is 6.32. The third kappa shape index (κ3) is 4.13. The molecule has 0 spiro atoms. The minimum absolute atomic E-state index is 0.0429. The Morgan fingerprint density at radius 3 is 2.60 bits per heavy atom. The Labute approximate surface area is 117 Å². The number of benzene rings is 1. The molecule has 0 unspecified atom stereocenters. The number of carbonyl (C=O) groups is 1. The Balaban J connectivity index is 1.92. The molecule has 20 heavy (non-hydrogen) atoms. The van der Waals surface area contributed by atoms with Crippen molar-refractivity contribution in [3.8, 4) is 5.69 Å². The number of aromatic nitrogens is 4. The molecule has 106 valence electrons. The van der Waals surface area contributed by atoms with Crippen molar-refractivity contribution in [1.29, 1.82) is 0 Å². The van der Waals surface area contributed by atoms with E-state index in [0.717, 1.165) is 11.3 Å². The maximum Gasteiger partial charge on any atom is 0.224 e. The Morgan fingerprint density at radius 2 is 2.05 bits per heavy atom. The quantitative estimate of drug-likeness (QED) is 0.803. The molecule has 0 atom stereocenters. The summed E-state index contributed by atoms with van der Waals surface area (Å²) < 4.78 is 1.56. The minimum atomic E-state index is -0.403. The highest BCUT2D eigenvalue weighted by Crippen LogP contribution is 2.08. The van der Waals surface area contributed by atoms with Crippen LogP contribution in [-0.4, -0.2) is 38.2 Å². The fourth-order valence-electron chi connectivity index (χ4n) is 1.62. The Kier molecular flexibility index (Phi) is 4.09. The molecule has 0 aliphatic rings. The molecule has 0 fully saturated rings. The van der Waals surface area contributed by atoms with Gasteiger partial charge in [0.1, 0.15) is 6.33 Å². The van der Waals surface area contributed by atoms with E-state index in [9.17, 15) is 4.79 Å². The zero-order chi connectivity index (χ0) is 14.6. The number of nitrogens with one attached hydrogen (secondary N) is 1. The third-order valence-electron chi connectivity index (χ3n) is 2.66. The van der Waals surface area contributed by atoms with Gasteiger partial charge in [0.25, 0.3) is 0 Å². The third-order valence-corrected chi connectivity index (χ3v) is 2.66. The Hall–Kier alpha value is -2.28. The number of carbonyl (C=O) groups excluding carboxylic acids is 1. The van der Waals surface area contributed by atoms with Crippen LogP contribution < -0.4 is 11.1 Å². The highest BCUT2D eigenvalue weighted by atomic mass is 16.1. The topological polar surface area (TPSA) is 98.7 Å². The van der Waals surface area contributed by atoms with Gasteiger partial charge >= 0.3 is 0 Å². The monoisotopic (exact) mass is 274 g/mol. The van der Waals surface area contributed by atoms with E-state index in [0.29, 0.717) is 13.0 Å². The number of tetrazole rings is 1. The van der Waals surface area contributed by atoms with E-state index in [4.69, 9.17) is 5.73 Å². The van der Waals surface area contributed by atoms with Gasteiger partial charge < -0.3 is 11.1 Å². The molecule has 0 saturated heterocycles. The van der Waals surface area contributed by atoms with Crippen molar-refractivity contribution in [2.24, 2.45) is 5.73 Å². The lowest BCUT2D eigenvalue weighted by Gasteiger charge is -2.18. The summed E-state index contributed by atoms with van der Waals surface area (Å²) in [5.41, 5.74) is 7.19. The SMILES string of the molecule is CC(C)(N)CNC(=O)Cc1ccc(-n2cnnn2)cc1. The van der Waals surface area contributed by atoms with E-state index in [1.54, 1.807) is 4.68 Å². The number of hydrogen-bond acceptors (Lipinski definition) is 5. The van der Waals surface area contributed by atoms with Gasteiger partial charge in [-0.15, -0.1) is 5.10 Å². The van der Waals surface area contributed by atoms with Crippen LogP contribution in [0.1, 0.15) is 19.4 Å². The molecule has 0 radical (unpaired) electrons. The fraction of sp³-hybridized carbons (Fsp3) is 0.385. The van der Waals surface area contributed by atoms with Crippen LogP contribution in [0.3, 0.4) is 0 Å². The zero-order valence-corrected chi connectivity index (χ0v) is 11.6. The van der Waals surface area contributed by atoms with Crippen LogP contribution >= 0.6 is 0 Å². The minimum Gasteiger partial charge on any atom is -0.354 e. The Bertz CT molecular complexity index is 556. The number of amides is 1. The summed E-state index contributed by atoms with van der Waals surface area (Å²) in [5.74, 6) is -0.0429. The lowest BCUT2D eigenvalue weighted by molar-refractivity contribution is -0.120. The highest BCUT2D eigenvalue weighted by Gasteiger charge is 2.12. The van der Waals surface area contributed by atoms with Gasteiger partial charge in [-0.05, 0) is 42.0 Å². The van der Waals surface area contributed by atoms with Gasteiger partial charge in [-0.2, -0.15) is 0 Å². The van der Waals surface area contributed by atoms with Crippen molar-refractivity contribution in [3.63, 3.8) is 0 Å². The van der Waals surface area contributed by atoms with E-state index < -0.39 is 5.54 Å². The molecule has 1 amide bonds. The molecule has 7 heteroatoms. The fourth-order valence-corrected chi connectivity index (χ4v) is 1.62. The lowest BCUT2D eigenvalue weighted by Crippen LogP contribution is -2.45. The van der Waals surface area contributed by atoms with Gasteiger partial charge in [0.05, 0.1) is 12.1 Å². The van der Waals surface area contributed by atoms with Crippen LogP contribution in [0.4, 0.5) is 0 Å².